The molecule has 12 heavy (non-hydrogen) atoms. The van der Waals surface area contributed by atoms with E-state index in [9.17, 15) is 4.39 Å². The van der Waals surface area contributed by atoms with Crippen LogP contribution in [0.15, 0.2) is 11.5 Å². The van der Waals surface area contributed by atoms with Gasteiger partial charge in [0.15, 0.2) is 0 Å². The van der Waals surface area contributed by atoms with Crippen molar-refractivity contribution in [3.8, 4) is 0 Å². The molecule has 0 heterocycles. The van der Waals surface area contributed by atoms with Crippen molar-refractivity contribution < 1.29 is 4.39 Å². The van der Waals surface area contributed by atoms with Crippen LogP contribution in [0.5, 0.6) is 0 Å². The van der Waals surface area contributed by atoms with E-state index in [1.165, 1.54) is 0 Å². The number of allylic oxidation sites excluding steroid dienone is 1. The lowest BCUT2D eigenvalue weighted by atomic mass is 9.95. The van der Waals surface area contributed by atoms with Gasteiger partial charge in [-0.1, -0.05) is 19.4 Å². The van der Waals surface area contributed by atoms with Crippen LogP contribution in [-0.2, 0) is 0 Å². The standard InChI is InChI=1S/C9H18FNS/c1-2-5-9(10,8-11)6-3-4-7-12/h4,7,12H,2-3,5-6,8,11H2,1H3/b7-4+. The van der Waals surface area contributed by atoms with Crippen molar-refractivity contribution in [2.45, 2.75) is 38.3 Å². The van der Waals surface area contributed by atoms with Crippen molar-refractivity contribution in [3.63, 3.8) is 0 Å². The smallest absolute Gasteiger partial charge is 0.123 e. The Labute approximate surface area is 79.6 Å². The predicted molar refractivity (Wildman–Crippen MR) is 55.2 cm³/mol. The van der Waals surface area contributed by atoms with Crippen LogP contribution in [0.3, 0.4) is 0 Å². The number of alkyl halides is 1. The molecule has 0 fully saturated rings. The van der Waals surface area contributed by atoms with Gasteiger partial charge in [0.25, 0.3) is 0 Å². The van der Waals surface area contributed by atoms with E-state index in [0.29, 0.717) is 12.8 Å². The first-order chi connectivity index (χ1) is 5.68. The summed E-state index contributed by atoms with van der Waals surface area (Å²) in [5.74, 6) is 0. The van der Waals surface area contributed by atoms with Gasteiger partial charge in [-0.2, -0.15) is 12.6 Å². The first kappa shape index (κ1) is 12.0. The monoisotopic (exact) mass is 191 g/mol. The molecular weight excluding hydrogens is 173 g/mol. The van der Waals surface area contributed by atoms with Crippen molar-refractivity contribution in [1.29, 1.82) is 0 Å². The molecule has 0 aliphatic heterocycles. The van der Waals surface area contributed by atoms with Crippen LogP contribution in [-0.4, -0.2) is 12.2 Å². The normalized spacial score (nSPS) is 16.7. The van der Waals surface area contributed by atoms with E-state index in [0.717, 1.165) is 12.8 Å². The van der Waals surface area contributed by atoms with E-state index in [-0.39, 0.29) is 6.54 Å². The zero-order valence-electron chi connectivity index (χ0n) is 7.59. The molecule has 1 unspecified atom stereocenters. The third-order valence-electron chi connectivity index (χ3n) is 1.93. The molecule has 0 aromatic rings. The third kappa shape index (κ3) is 4.78. The summed E-state index contributed by atoms with van der Waals surface area (Å²) < 4.78 is 13.7. The van der Waals surface area contributed by atoms with Crippen molar-refractivity contribution in [2.24, 2.45) is 5.73 Å². The number of nitrogens with two attached hydrogens (primary N) is 1. The second-order valence-corrected chi connectivity index (χ2v) is 3.33. The summed E-state index contributed by atoms with van der Waals surface area (Å²) in [6.07, 6.45) is 4.48. The minimum atomic E-state index is -1.16. The highest BCUT2D eigenvalue weighted by Gasteiger charge is 2.25. The first-order valence-corrected chi connectivity index (χ1v) is 4.88. The van der Waals surface area contributed by atoms with Crippen LogP contribution >= 0.6 is 12.6 Å². The molecule has 0 amide bonds. The maximum absolute atomic E-state index is 13.7. The molecule has 0 aliphatic carbocycles. The van der Waals surface area contributed by atoms with Crippen LogP contribution in [0.1, 0.15) is 32.6 Å². The van der Waals surface area contributed by atoms with Gasteiger partial charge in [-0.25, -0.2) is 4.39 Å². The minimum Gasteiger partial charge on any atom is -0.328 e. The summed E-state index contributed by atoms with van der Waals surface area (Å²) in [6, 6.07) is 0. The average molecular weight is 191 g/mol. The molecule has 0 saturated heterocycles. The second kappa shape index (κ2) is 6.49. The number of thiol groups is 1. The molecule has 2 N–H and O–H groups in total. The molecule has 0 saturated carbocycles. The second-order valence-electron chi connectivity index (χ2n) is 3.03. The fourth-order valence-electron chi connectivity index (χ4n) is 1.19. The highest BCUT2D eigenvalue weighted by Crippen LogP contribution is 2.23. The van der Waals surface area contributed by atoms with Crippen LogP contribution in [0, 0.1) is 0 Å². The van der Waals surface area contributed by atoms with Crippen molar-refractivity contribution in [3.05, 3.63) is 11.5 Å². The van der Waals surface area contributed by atoms with Crippen LogP contribution in [0.2, 0.25) is 0 Å². The molecule has 1 atom stereocenters. The van der Waals surface area contributed by atoms with E-state index in [2.05, 4.69) is 12.6 Å². The fraction of sp³-hybridized carbons (Fsp3) is 0.778. The van der Waals surface area contributed by atoms with Gasteiger partial charge in [-0.3, -0.25) is 0 Å². The van der Waals surface area contributed by atoms with Crippen LogP contribution in [0.4, 0.5) is 4.39 Å². The molecule has 0 aromatic heterocycles. The van der Waals surface area contributed by atoms with Crippen LogP contribution < -0.4 is 5.73 Å². The highest BCUT2D eigenvalue weighted by atomic mass is 32.1. The lowest BCUT2D eigenvalue weighted by molar-refractivity contribution is 0.147. The summed E-state index contributed by atoms with van der Waals surface area (Å²) in [5.41, 5.74) is 4.19. The molecule has 3 heteroatoms. The fourth-order valence-corrected chi connectivity index (χ4v) is 1.34. The largest absolute Gasteiger partial charge is 0.328 e. The number of rotatable bonds is 6. The van der Waals surface area contributed by atoms with E-state index >= 15 is 0 Å². The zero-order valence-corrected chi connectivity index (χ0v) is 8.49. The zero-order chi connectivity index (χ0) is 9.45. The van der Waals surface area contributed by atoms with Crippen molar-refractivity contribution >= 4 is 12.6 Å². The summed E-state index contributed by atoms with van der Waals surface area (Å²) in [4.78, 5) is 0. The molecule has 0 rings (SSSR count). The highest BCUT2D eigenvalue weighted by molar-refractivity contribution is 7.83. The summed E-state index contributed by atoms with van der Waals surface area (Å²) in [7, 11) is 0. The summed E-state index contributed by atoms with van der Waals surface area (Å²) >= 11 is 3.90. The maximum atomic E-state index is 13.7. The van der Waals surface area contributed by atoms with Gasteiger partial charge < -0.3 is 5.73 Å². The molecule has 0 aliphatic rings. The topological polar surface area (TPSA) is 26.0 Å². The van der Waals surface area contributed by atoms with Gasteiger partial charge in [0.05, 0.1) is 0 Å². The van der Waals surface area contributed by atoms with E-state index in [1.807, 2.05) is 13.0 Å². The Morgan fingerprint density at radius 3 is 2.58 bits per heavy atom. The maximum Gasteiger partial charge on any atom is 0.123 e. The first-order valence-electron chi connectivity index (χ1n) is 4.36. The summed E-state index contributed by atoms with van der Waals surface area (Å²) in [5, 5.41) is 1.64. The van der Waals surface area contributed by atoms with Gasteiger partial charge >= 0.3 is 0 Å². The number of hydrogen-bond donors (Lipinski definition) is 2. The van der Waals surface area contributed by atoms with Crippen molar-refractivity contribution in [2.75, 3.05) is 6.54 Å². The molecule has 1 nitrogen and oxygen atoms in total. The third-order valence-corrected chi connectivity index (χ3v) is 2.14. The van der Waals surface area contributed by atoms with Crippen LogP contribution in [0.25, 0.3) is 0 Å². The summed E-state index contributed by atoms with van der Waals surface area (Å²) in [6.45, 7) is 2.10. The van der Waals surface area contributed by atoms with Gasteiger partial charge in [0.1, 0.15) is 5.67 Å². The Kier molecular flexibility index (Phi) is 6.48. The number of hydrogen-bond acceptors (Lipinski definition) is 2. The SMILES string of the molecule is CCCC(F)(CN)CC/C=C/S. The molecule has 72 valence electrons. The Morgan fingerprint density at radius 2 is 2.17 bits per heavy atom. The molecule has 0 spiro atoms. The minimum absolute atomic E-state index is 0.126. The van der Waals surface area contributed by atoms with Gasteiger partial charge in [0, 0.05) is 6.54 Å². The number of halogens is 1. The average Bonchev–Trinajstić information content (AvgIpc) is 2.06. The van der Waals surface area contributed by atoms with E-state index in [4.69, 9.17) is 5.73 Å². The Morgan fingerprint density at radius 1 is 1.50 bits per heavy atom. The molecular formula is C9H18FNS. The van der Waals surface area contributed by atoms with E-state index < -0.39 is 5.67 Å². The van der Waals surface area contributed by atoms with Gasteiger partial charge in [-0.15, -0.1) is 0 Å². The van der Waals surface area contributed by atoms with Gasteiger partial charge in [-0.05, 0) is 24.7 Å². The molecule has 0 aromatic carbocycles. The molecule has 0 radical (unpaired) electrons. The Bertz CT molecular complexity index is 138. The Balaban J connectivity index is 3.78. The lowest BCUT2D eigenvalue weighted by Gasteiger charge is -2.21. The lowest BCUT2D eigenvalue weighted by Crippen LogP contribution is -2.32. The Hall–Kier alpha value is -0.0200. The van der Waals surface area contributed by atoms with Gasteiger partial charge in [0.2, 0.25) is 0 Å². The quantitative estimate of drug-likeness (QED) is 0.620. The van der Waals surface area contributed by atoms with E-state index in [1.54, 1.807) is 5.41 Å². The predicted octanol–water partition coefficient (Wildman–Crippen LogP) is 2.68. The molecule has 0 bridgehead atoms. The van der Waals surface area contributed by atoms with Crippen molar-refractivity contribution in [1.82, 2.24) is 0 Å².